The lowest BCUT2D eigenvalue weighted by Crippen LogP contribution is -2.17. The molecule has 0 saturated carbocycles. The molecular weight excluding hydrogens is 500 g/mol. The average molecular weight is 521 g/mol. The van der Waals surface area contributed by atoms with Gasteiger partial charge in [-0.05, 0) is 60.7 Å². The Balaban J connectivity index is 1.71. The molecule has 8 nitrogen and oxygen atoms in total. The van der Waals surface area contributed by atoms with Crippen LogP contribution in [0.2, 0.25) is 0 Å². The zero-order valence-electron chi connectivity index (χ0n) is 17.9. The minimum Gasteiger partial charge on any atom is -0.508 e. The van der Waals surface area contributed by atoms with Gasteiger partial charge in [-0.3, -0.25) is 10.1 Å². The van der Waals surface area contributed by atoms with Gasteiger partial charge in [0.15, 0.2) is 0 Å². The second-order valence-corrected chi connectivity index (χ2v) is 8.04. The van der Waals surface area contributed by atoms with Gasteiger partial charge in [0.2, 0.25) is 5.91 Å². The summed E-state index contributed by atoms with van der Waals surface area (Å²) in [6, 6.07) is 19.9. The highest BCUT2D eigenvalue weighted by Gasteiger charge is 2.20. The van der Waals surface area contributed by atoms with Crippen molar-refractivity contribution >= 4 is 45.0 Å². The molecule has 2 amide bonds. The van der Waals surface area contributed by atoms with E-state index in [9.17, 15) is 14.7 Å². The van der Waals surface area contributed by atoms with Gasteiger partial charge in [0.25, 0.3) is 0 Å². The van der Waals surface area contributed by atoms with Gasteiger partial charge in [0.1, 0.15) is 11.9 Å². The largest absolute Gasteiger partial charge is 0.508 e. The molecule has 0 aliphatic heterocycles. The van der Waals surface area contributed by atoms with Gasteiger partial charge in [-0.1, -0.05) is 34.1 Å². The molecule has 0 fully saturated rings. The lowest BCUT2D eigenvalue weighted by molar-refractivity contribution is -0.111. The number of nitrogens with two attached hydrogens (primary N) is 1. The summed E-state index contributed by atoms with van der Waals surface area (Å²) in [5.41, 5.74) is 8.01. The van der Waals surface area contributed by atoms with E-state index in [1.54, 1.807) is 60.7 Å². The second-order valence-electron chi connectivity index (χ2n) is 7.13. The number of para-hydroxylation sites is 2. The molecule has 0 aliphatic carbocycles. The van der Waals surface area contributed by atoms with Crippen LogP contribution in [0.5, 0.6) is 5.75 Å². The molecule has 34 heavy (non-hydrogen) atoms. The fraction of sp³-hybridized carbons (Fsp3) is 0.0800. The average Bonchev–Trinajstić information content (AvgIpc) is 2.82. The van der Waals surface area contributed by atoms with E-state index >= 15 is 0 Å². The van der Waals surface area contributed by atoms with Crippen molar-refractivity contribution in [1.29, 1.82) is 5.26 Å². The third-order valence-corrected chi connectivity index (χ3v) is 5.18. The highest BCUT2D eigenvalue weighted by atomic mass is 79.9. The molecule has 1 atom stereocenters. The number of hydrogen-bond acceptors (Lipinski definition) is 6. The standard InChI is InChI=1S/C25H21BrN4O4/c26-17-10-13-22(31)19(14-17)23(34-25(33)29-18-11-8-16(15-27)9-12-18)6-3-7-24(32)30-21-5-2-1-4-20(21)28/h1-5,7-14,23,31H,6,28H2,(H,29,33)(H,30,32)/b7-3+/t23-/m1/s1. The van der Waals surface area contributed by atoms with Crippen molar-refractivity contribution in [2.75, 3.05) is 16.4 Å². The predicted molar refractivity (Wildman–Crippen MR) is 133 cm³/mol. The van der Waals surface area contributed by atoms with Gasteiger partial charge in [-0.15, -0.1) is 0 Å². The fourth-order valence-electron chi connectivity index (χ4n) is 3.01. The molecule has 0 bridgehead atoms. The number of phenols is 1. The van der Waals surface area contributed by atoms with E-state index in [4.69, 9.17) is 15.7 Å². The SMILES string of the molecule is N#Cc1ccc(NC(=O)O[C@H](C/C=C/C(=O)Nc2ccccc2N)c2cc(Br)ccc2O)cc1. The Hall–Kier alpha value is -4.29. The summed E-state index contributed by atoms with van der Waals surface area (Å²) in [7, 11) is 0. The molecule has 3 aromatic rings. The Bertz CT molecular complexity index is 1250. The first-order valence-corrected chi connectivity index (χ1v) is 10.9. The maximum absolute atomic E-state index is 12.5. The lowest BCUT2D eigenvalue weighted by atomic mass is 10.0. The molecule has 0 unspecified atom stereocenters. The molecule has 0 spiro atoms. The zero-order chi connectivity index (χ0) is 24.5. The Morgan fingerprint density at radius 2 is 1.85 bits per heavy atom. The summed E-state index contributed by atoms with van der Waals surface area (Å²) >= 11 is 3.35. The zero-order valence-corrected chi connectivity index (χ0v) is 19.5. The molecule has 3 rings (SSSR count). The van der Waals surface area contributed by atoms with Gasteiger partial charge < -0.3 is 20.9 Å². The van der Waals surface area contributed by atoms with Crippen molar-refractivity contribution in [3.63, 3.8) is 0 Å². The predicted octanol–water partition coefficient (Wildman–Crippen LogP) is 5.48. The number of phenolic OH excluding ortho intramolecular Hbond substituents is 1. The van der Waals surface area contributed by atoms with E-state index in [1.807, 2.05) is 6.07 Å². The number of rotatable bonds is 7. The van der Waals surface area contributed by atoms with Crippen LogP contribution in [-0.4, -0.2) is 17.1 Å². The van der Waals surface area contributed by atoms with Crippen LogP contribution in [0.4, 0.5) is 21.9 Å². The van der Waals surface area contributed by atoms with Gasteiger partial charge in [-0.2, -0.15) is 5.26 Å². The molecule has 5 N–H and O–H groups in total. The molecule has 0 radical (unpaired) electrons. The van der Waals surface area contributed by atoms with Crippen molar-refractivity contribution in [3.8, 4) is 11.8 Å². The van der Waals surface area contributed by atoms with E-state index in [-0.39, 0.29) is 12.2 Å². The number of carbonyl (C=O) groups excluding carboxylic acids is 2. The minimum absolute atomic E-state index is 0.0608. The van der Waals surface area contributed by atoms with Crippen LogP contribution in [0.3, 0.4) is 0 Å². The molecule has 0 aliphatic rings. The molecule has 172 valence electrons. The van der Waals surface area contributed by atoms with Gasteiger partial charge in [0, 0.05) is 22.1 Å². The van der Waals surface area contributed by atoms with Gasteiger partial charge in [0.05, 0.1) is 23.0 Å². The highest BCUT2D eigenvalue weighted by molar-refractivity contribution is 9.10. The quantitative estimate of drug-likeness (QED) is 0.240. The number of benzene rings is 3. The van der Waals surface area contributed by atoms with E-state index < -0.39 is 18.1 Å². The number of carbonyl (C=O) groups is 2. The van der Waals surface area contributed by atoms with E-state index in [2.05, 4.69) is 26.6 Å². The fourth-order valence-corrected chi connectivity index (χ4v) is 3.39. The Morgan fingerprint density at radius 3 is 2.56 bits per heavy atom. The van der Waals surface area contributed by atoms with Crippen LogP contribution in [-0.2, 0) is 9.53 Å². The van der Waals surface area contributed by atoms with Crippen molar-refractivity contribution < 1.29 is 19.4 Å². The third kappa shape index (κ3) is 6.85. The van der Waals surface area contributed by atoms with Gasteiger partial charge >= 0.3 is 6.09 Å². The first kappa shape index (κ1) is 24.4. The number of nitriles is 1. The third-order valence-electron chi connectivity index (χ3n) is 4.68. The number of ether oxygens (including phenoxy) is 1. The summed E-state index contributed by atoms with van der Waals surface area (Å²) in [4.78, 5) is 24.8. The highest BCUT2D eigenvalue weighted by Crippen LogP contribution is 2.32. The number of nitrogens with one attached hydrogen (secondary N) is 2. The maximum atomic E-state index is 12.5. The van der Waals surface area contributed by atoms with Crippen LogP contribution in [0, 0.1) is 11.3 Å². The van der Waals surface area contributed by atoms with E-state index in [1.165, 1.54) is 18.2 Å². The normalized spacial score (nSPS) is 11.4. The molecule has 3 aromatic carbocycles. The first-order valence-electron chi connectivity index (χ1n) is 10.1. The van der Waals surface area contributed by atoms with Crippen molar-refractivity contribution in [3.05, 3.63) is 94.5 Å². The van der Waals surface area contributed by atoms with E-state index in [0.29, 0.717) is 32.7 Å². The number of halogens is 1. The Labute approximate surface area is 204 Å². The van der Waals surface area contributed by atoms with Crippen molar-refractivity contribution in [2.24, 2.45) is 0 Å². The molecule has 0 saturated heterocycles. The summed E-state index contributed by atoms with van der Waals surface area (Å²) in [6.07, 6.45) is 1.30. The van der Waals surface area contributed by atoms with Crippen LogP contribution in [0.25, 0.3) is 0 Å². The number of amides is 2. The number of aromatic hydroxyl groups is 1. The van der Waals surface area contributed by atoms with Crippen LogP contribution in [0.1, 0.15) is 23.7 Å². The second kappa shape index (κ2) is 11.5. The maximum Gasteiger partial charge on any atom is 0.412 e. The van der Waals surface area contributed by atoms with Gasteiger partial charge in [-0.25, -0.2) is 4.79 Å². The smallest absolute Gasteiger partial charge is 0.412 e. The van der Waals surface area contributed by atoms with Crippen LogP contribution < -0.4 is 16.4 Å². The molecular formula is C25H21BrN4O4. The van der Waals surface area contributed by atoms with Crippen molar-refractivity contribution in [1.82, 2.24) is 0 Å². The number of nitrogen functional groups attached to an aromatic ring is 1. The molecule has 0 heterocycles. The Kier molecular flexibility index (Phi) is 8.26. The first-order chi connectivity index (χ1) is 16.4. The summed E-state index contributed by atoms with van der Waals surface area (Å²) in [6.45, 7) is 0. The van der Waals surface area contributed by atoms with E-state index in [0.717, 1.165) is 0 Å². The minimum atomic E-state index is -0.887. The summed E-state index contributed by atoms with van der Waals surface area (Å²) in [5.74, 6) is -0.466. The van der Waals surface area contributed by atoms with Crippen LogP contribution >= 0.6 is 15.9 Å². The molecule has 0 aromatic heterocycles. The topological polar surface area (TPSA) is 137 Å². The summed E-state index contributed by atoms with van der Waals surface area (Å²) < 4.78 is 6.24. The molecule has 9 heteroatoms. The Morgan fingerprint density at radius 1 is 1.12 bits per heavy atom. The summed E-state index contributed by atoms with van der Waals surface area (Å²) in [5, 5.41) is 24.5. The number of anilines is 3. The number of hydrogen-bond donors (Lipinski definition) is 4. The monoisotopic (exact) mass is 520 g/mol. The van der Waals surface area contributed by atoms with Crippen molar-refractivity contribution in [2.45, 2.75) is 12.5 Å². The number of nitrogens with zero attached hydrogens (tertiary/aromatic N) is 1. The lowest BCUT2D eigenvalue weighted by Gasteiger charge is -2.19. The van der Waals surface area contributed by atoms with Crippen LogP contribution in [0.15, 0.2) is 83.4 Å².